The lowest BCUT2D eigenvalue weighted by molar-refractivity contribution is 0.0503. The average molecular weight is 432 g/mol. The summed E-state index contributed by atoms with van der Waals surface area (Å²) in [4.78, 5) is 28.4. The van der Waals surface area contributed by atoms with Gasteiger partial charge in [-0.25, -0.2) is 9.59 Å². The lowest BCUT2D eigenvalue weighted by atomic mass is 10.0. The fraction of sp³-hybridized carbons (Fsp3) is 0. The molecular formula is C20H15Cl2N3O4. The van der Waals surface area contributed by atoms with Crippen molar-refractivity contribution in [2.24, 2.45) is 5.90 Å². The van der Waals surface area contributed by atoms with Crippen LogP contribution in [0.25, 0.3) is 0 Å². The van der Waals surface area contributed by atoms with Crippen molar-refractivity contribution >= 4 is 57.9 Å². The van der Waals surface area contributed by atoms with Gasteiger partial charge in [-0.1, -0.05) is 35.3 Å². The van der Waals surface area contributed by atoms with E-state index in [1.807, 2.05) is 0 Å². The summed E-state index contributed by atoms with van der Waals surface area (Å²) in [7, 11) is 0. The topological polar surface area (TPSA) is 114 Å². The van der Waals surface area contributed by atoms with Crippen molar-refractivity contribution in [2.45, 2.75) is 0 Å². The summed E-state index contributed by atoms with van der Waals surface area (Å²) in [5, 5.41) is 16.5. The van der Waals surface area contributed by atoms with Crippen molar-refractivity contribution in [2.75, 3.05) is 10.6 Å². The Morgan fingerprint density at radius 3 is 1.76 bits per heavy atom. The maximum absolute atomic E-state index is 12.2. The molecule has 7 nitrogen and oxygen atoms in total. The first-order valence-corrected chi connectivity index (χ1v) is 9.00. The van der Waals surface area contributed by atoms with E-state index in [0.717, 1.165) is 0 Å². The zero-order chi connectivity index (χ0) is 21.0. The second kappa shape index (κ2) is 8.83. The zero-order valence-corrected chi connectivity index (χ0v) is 16.3. The molecule has 0 unspecified atom stereocenters. The molecule has 0 atom stereocenters. The predicted octanol–water partition coefficient (Wildman–Crippen LogP) is 5.21. The number of aromatic carboxylic acids is 1. The Bertz CT molecular complexity index is 1090. The Morgan fingerprint density at radius 2 is 1.31 bits per heavy atom. The van der Waals surface area contributed by atoms with Gasteiger partial charge in [0.2, 0.25) is 0 Å². The first-order valence-electron chi connectivity index (χ1n) is 8.25. The highest BCUT2D eigenvalue weighted by Crippen LogP contribution is 2.31. The van der Waals surface area contributed by atoms with E-state index in [4.69, 9.17) is 29.1 Å². The fourth-order valence-electron chi connectivity index (χ4n) is 2.66. The fourth-order valence-corrected chi connectivity index (χ4v) is 3.04. The Morgan fingerprint density at radius 1 is 0.828 bits per heavy atom. The molecule has 3 rings (SSSR count). The summed E-state index contributed by atoms with van der Waals surface area (Å²) >= 11 is 12.0. The van der Waals surface area contributed by atoms with Crippen LogP contribution in [-0.4, -0.2) is 17.0 Å². The van der Waals surface area contributed by atoms with Gasteiger partial charge in [0.1, 0.15) is 0 Å². The number of hydrogen-bond acceptors (Lipinski definition) is 6. The highest BCUT2D eigenvalue weighted by molar-refractivity contribution is 6.31. The molecule has 0 bridgehead atoms. The predicted molar refractivity (Wildman–Crippen MR) is 112 cm³/mol. The Kier molecular flexibility index (Phi) is 6.23. The van der Waals surface area contributed by atoms with E-state index in [1.165, 1.54) is 12.1 Å². The van der Waals surface area contributed by atoms with Gasteiger partial charge in [-0.2, -0.15) is 5.90 Å². The quantitative estimate of drug-likeness (QED) is 0.396. The third-order valence-electron chi connectivity index (χ3n) is 3.92. The van der Waals surface area contributed by atoms with E-state index >= 15 is 0 Å². The number of carboxylic acids is 1. The van der Waals surface area contributed by atoms with Crippen LogP contribution in [0.3, 0.4) is 0 Å². The van der Waals surface area contributed by atoms with Crippen molar-refractivity contribution < 1.29 is 19.5 Å². The van der Waals surface area contributed by atoms with Crippen LogP contribution in [0.5, 0.6) is 0 Å². The number of halogens is 2. The third-order valence-corrected chi connectivity index (χ3v) is 4.39. The largest absolute Gasteiger partial charge is 0.478 e. The molecule has 0 aliphatic heterocycles. The summed E-state index contributed by atoms with van der Waals surface area (Å²) in [6.45, 7) is 0. The van der Waals surface area contributed by atoms with Crippen LogP contribution < -0.4 is 16.5 Å². The summed E-state index contributed by atoms with van der Waals surface area (Å²) in [6, 6.07) is 16.1. The monoisotopic (exact) mass is 431 g/mol. The van der Waals surface area contributed by atoms with Gasteiger partial charge >= 0.3 is 11.9 Å². The van der Waals surface area contributed by atoms with Crippen molar-refractivity contribution in [3.8, 4) is 0 Å². The summed E-state index contributed by atoms with van der Waals surface area (Å²) in [5.74, 6) is 3.01. The number of benzene rings is 3. The molecule has 0 spiro atoms. The van der Waals surface area contributed by atoms with Crippen LogP contribution in [0.15, 0.2) is 60.7 Å². The molecule has 3 aromatic carbocycles. The van der Waals surface area contributed by atoms with Crippen LogP contribution in [-0.2, 0) is 4.84 Å². The van der Waals surface area contributed by atoms with Gasteiger partial charge in [0.15, 0.2) is 0 Å². The minimum Gasteiger partial charge on any atom is -0.478 e. The maximum Gasteiger partial charge on any atom is 0.358 e. The Hall–Kier alpha value is -3.26. The molecule has 0 saturated heterocycles. The van der Waals surface area contributed by atoms with Crippen LogP contribution in [0.1, 0.15) is 20.7 Å². The van der Waals surface area contributed by atoms with E-state index in [9.17, 15) is 14.7 Å². The lowest BCUT2D eigenvalue weighted by Crippen LogP contribution is -2.14. The minimum absolute atomic E-state index is 0.0296. The summed E-state index contributed by atoms with van der Waals surface area (Å²) in [6.07, 6.45) is 0. The molecular weight excluding hydrogens is 417 g/mol. The second-order valence-electron chi connectivity index (χ2n) is 5.92. The maximum atomic E-state index is 12.2. The number of rotatable bonds is 6. The molecule has 148 valence electrons. The molecule has 0 heterocycles. The van der Waals surface area contributed by atoms with Gasteiger partial charge in [-0.15, -0.1) is 0 Å². The van der Waals surface area contributed by atoms with Gasteiger partial charge in [0.05, 0.1) is 22.5 Å². The van der Waals surface area contributed by atoms with E-state index in [2.05, 4.69) is 15.5 Å². The molecule has 0 radical (unpaired) electrons. The Labute approximate surface area is 176 Å². The third kappa shape index (κ3) is 4.97. The van der Waals surface area contributed by atoms with Gasteiger partial charge in [0.25, 0.3) is 0 Å². The van der Waals surface area contributed by atoms with Gasteiger partial charge in [0, 0.05) is 21.4 Å². The van der Waals surface area contributed by atoms with Crippen molar-refractivity contribution in [3.05, 3.63) is 81.8 Å². The van der Waals surface area contributed by atoms with E-state index in [-0.39, 0.29) is 22.5 Å². The van der Waals surface area contributed by atoms with Crippen LogP contribution in [0.4, 0.5) is 22.7 Å². The van der Waals surface area contributed by atoms with Gasteiger partial charge in [-0.3, -0.25) is 0 Å². The molecule has 0 amide bonds. The normalized spacial score (nSPS) is 10.3. The summed E-state index contributed by atoms with van der Waals surface area (Å²) < 4.78 is 0. The number of nitrogens with one attached hydrogen (secondary N) is 2. The molecule has 3 aromatic rings. The number of carbonyl (C=O) groups excluding carboxylic acids is 1. The number of carbonyl (C=O) groups is 2. The van der Waals surface area contributed by atoms with E-state index in [1.54, 1.807) is 48.5 Å². The average Bonchev–Trinajstić information content (AvgIpc) is 2.68. The van der Waals surface area contributed by atoms with E-state index < -0.39 is 11.9 Å². The van der Waals surface area contributed by atoms with Crippen molar-refractivity contribution in [1.29, 1.82) is 0 Å². The molecule has 0 aliphatic carbocycles. The molecule has 9 heteroatoms. The number of anilines is 4. The van der Waals surface area contributed by atoms with E-state index in [0.29, 0.717) is 21.4 Å². The van der Waals surface area contributed by atoms with Crippen molar-refractivity contribution in [3.63, 3.8) is 0 Å². The highest BCUT2D eigenvalue weighted by atomic mass is 35.5. The molecule has 0 saturated carbocycles. The summed E-state index contributed by atoms with van der Waals surface area (Å²) in [5.41, 5.74) is 1.40. The first-order chi connectivity index (χ1) is 13.9. The Balaban J connectivity index is 2.09. The highest BCUT2D eigenvalue weighted by Gasteiger charge is 2.20. The second-order valence-corrected chi connectivity index (χ2v) is 6.80. The van der Waals surface area contributed by atoms with Crippen LogP contribution in [0.2, 0.25) is 10.0 Å². The van der Waals surface area contributed by atoms with Gasteiger partial charge in [-0.05, 0) is 48.5 Å². The lowest BCUT2D eigenvalue weighted by Gasteiger charge is -2.16. The molecule has 29 heavy (non-hydrogen) atoms. The van der Waals surface area contributed by atoms with Crippen molar-refractivity contribution in [1.82, 2.24) is 0 Å². The smallest absolute Gasteiger partial charge is 0.358 e. The number of hydrogen-bond donors (Lipinski definition) is 4. The molecule has 0 aliphatic rings. The standard InChI is InChI=1S/C20H15Cl2N3O4/c21-11-3-1-5-13(7-11)24-17-10-16(20(28)29-23)18(9-15(17)19(26)27)25-14-6-2-4-12(22)8-14/h1-10,24-25H,23H2,(H,26,27). The minimum atomic E-state index is -1.20. The molecule has 0 fully saturated rings. The molecule has 0 aromatic heterocycles. The SMILES string of the molecule is NOC(=O)c1cc(Nc2cccc(Cl)c2)c(C(=O)O)cc1Nc1cccc(Cl)c1. The zero-order valence-electron chi connectivity index (χ0n) is 14.8. The van der Waals surface area contributed by atoms with Gasteiger partial charge < -0.3 is 20.6 Å². The van der Waals surface area contributed by atoms with Crippen LogP contribution in [0, 0.1) is 0 Å². The first kappa shape index (κ1) is 20.5. The molecule has 5 N–H and O–H groups in total. The number of nitrogens with two attached hydrogens (primary N) is 1. The number of carboxylic acid groups (broad SMARTS) is 1. The van der Waals surface area contributed by atoms with Crippen LogP contribution >= 0.6 is 23.2 Å².